The highest BCUT2D eigenvalue weighted by atomic mass is 16.3. The Bertz CT molecular complexity index is 812. The van der Waals surface area contributed by atoms with Gasteiger partial charge in [-0.3, -0.25) is 0 Å². The second kappa shape index (κ2) is 5.78. The second-order valence-corrected chi connectivity index (χ2v) is 5.26. The maximum absolute atomic E-state index is 10.5. The molecule has 0 fully saturated rings. The van der Waals surface area contributed by atoms with E-state index in [0.717, 1.165) is 0 Å². The molecule has 2 rings (SSSR count). The summed E-state index contributed by atoms with van der Waals surface area (Å²) >= 11 is 0. The van der Waals surface area contributed by atoms with Gasteiger partial charge >= 0.3 is 0 Å². The van der Waals surface area contributed by atoms with Crippen LogP contribution in [0.4, 0.5) is 0 Å². The number of nitriles is 4. The van der Waals surface area contributed by atoms with Crippen molar-refractivity contribution in [3.63, 3.8) is 0 Å². The smallest absolute Gasteiger partial charge is 0.200 e. The highest BCUT2D eigenvalue weighted by molar-refractivity contribution is 5.57. The van der Waals surface area contributed by atoms with Crippen molar-refractivity contribution in [2.24, 2.45) is 10.8 Å². The van der Waals surface area contributed by atoms with E-state index in [4.69, 9.17) is 0 Å². The Balaban J connectivity index is 2.61. The first-order valence-corrected chi connectivity index (χ1v) is 6.79. The summed E-state index contributed by atoms with van der Waals surface area (Å²) in [5.74, 6) is 0. The van der Waals surface area contributed by atoms with Gasteiger partial charge in [0.2, 0.25) is 0 Å². The molecule has 1 aromatic rings. The van der Waals surface area contributed by atoms with E-state index < -0.39 is 16.9 Å². The molecule has 0 heterocycles. The molecule has 1 N–H and O–H groups in total. The molecule has 1 aromatic carbocycles. The fourth-order valence-corrected chi connectivity index (χ4v) is 2.74. The zero-order valence-corrected chi connectivity index (χ0v) is 12.2. The lowest BCUT2D eigenvalue weighted by Crippen LogP contribution is -2.42. The van der Waals surface area contributed by atoms with E-state index in [9.17, 15) is 26.2 Å². The highest BCUT2D eigenvalue weighted by Crippen LogP contribution is 2.53. The van der Waals surface area contributed by atoms with Crippen molar-refractivity contribution < 1.29 is 5.11 Å². The Hall–Kier alpha value is -3.38. The van der Waals surface area contributed by atoms with Crippen molar-refractivity contribution in [1.29, 1.82) is 21.0 Å². The molecule has 5 nitrogen and oxygen atoms in total. The summed E-state index contributed by atoms with van der Waals surface area (Å²) in [5, 5.41) is 48.4. The molecule has 0 radical (unpaired) electrons. The van der Waals surface area contributed by atoms with E-state index in [1.807, 2.05) is 0 Å². The number of allylic oxidation sites excluding steroid dienone is 1. The molecule has 23 heavy (non-hydrogen) atoms. The minimum absolute atomic E-state index is 0.00629. The normalized spacial score (nSPS) is 19.2. The third-order valence-corrected chi connectivity index (χ3v) is 4.20. The van der Waals surface area contributed by atoms with E-state index >= 15 is 0 Å². The minimum atomic E-state index is -2.02. The largest absolute Gasteiger partial charge is 0.384 e. The molecular weight excluding hydrogens is 288 g/mol. The SMILES string of the molecule is C=C1C(C(O)c2ccccc2)=CCC(C#N)(C#N)C1(C#N)C#N. The first-order chi connectivity index (χ1) is 11.0. The molecule has 110 valence electrons. The van der Waals surface area contributed by atoms with Crippen LogP contribution in [0, 0.1) is 56.2 Å². The Labute approximate surface area is 134 Å². The van der Waals surface area contributed by atoms with Crippen molar-refractivity contribution >= 4 is 0 Å². The van der Waals surface area contributed by atoms with Crippen LogP contribution in [0.1, 0.15) is 18.1 Å². The van der Waals surface area contributed by atoms with Gasteiger partial charge in [-0.1, -0.05) is 43.0 Å². The lowest BCUT2D eigenvalue weighted by Gasteiger charge is -2.38. The van der Waals surface area contributed by atoms with Gasteiger partial charge in [-0.2, -0.15) is 21.0 Å². The molecule has 0 saturated carbocycles. The number of aliphatic hydroxyl groups excluding tert-OH is 1. The molecule has 1 atom stereocenters. The predicted octanol–water partition coefficient (Wildman–Crippen LogP) is 2.67. The summed E-state index contributed by atoms with van der Waals surface area (Å²) in [6.45, 7) is 3.75. The maximum atomic E-state index is 10.5. The van der Waals surface area contributed by atoms with E-state index in [1.54, 1.807) is 54.6 Å². The number of rotatable bonds is 2. The second-order valence-electron chi connectivity index (χ2n) is 5.26. The van der Waals surface area contributed by atoms with Gasteiger partial charge in [0.1, 0.15) is 6.10 Å². The third-order valence-electron chi connectivity index (χ3n) is 4.20. The van der Waals surface area contributed by atoms with Gasteiger partial charge in [-0.15, -0.1) is 0 Å². The molecule has 0 aliphatic heterocycles. The van der Waals surface area contributed by atoms with Crippen molar-refractivity contribution in [3.8, 4) is 24.3 Å². The van der Waals surface area contributed by atoms with Gasteiger partial charge in [-0.25, -0.2) is 0 Å². The van der Waals surface area contributed by atoms with Gasteiger partial charge in [0.05, 0.1) is 24.3 Å². The van der Waals surface area contributed by atoms with Crippen LogP contribution in [0.15, 0.2) is 54.1 Å². The average molecular weight is 300 g/mol. The van der Waals surface area contributed by atoms with E-state index in [-0.39, 0.29) is 12.0 Å². The molecule has 1 aliphatic rings. The van der Waals surface area contributed by atoms with Crippen LogP contribution in [0.5, 0.6) is 0 Å². The summed E-state index contributed by atoms with van der Waals surface area (Å²) in [7, 11) is 0. The molecule has 0 aromatic heterocycles. The molecular formula is C18H12N4O. The molecule has 0 saturated heterocycles. The lowest BCUT2D eigenvalue weighted by atomic mass is 9.56. The molecule has 0 spiro atoms. The first kappa shape index (κ1) is 16.0. The van der Waals surface area contributed by atoms with Crippen LogP contribution >= 0.6 is 0 Å². The van der Waals surface area contributed by atoms with Crippen LogP contribution in [0.3, 0.4) is 0 Å². The Morgan fingerprint density at radius 3 is 2.04 bits per heavy atom. The summed E-state index contributed by atoms with van der Waals surface area (Å²) in [5.41, 5.74) is -3.00. The molecule has 0 bridgehead atoms. The minimum Gasteiger partial charge on any atom is -0.384 e. The quantitative estimate of drug-likeness (QED) is 0.901. The number of nitrogens with zero attached hydrogens (tertiary/aromatic N) is 4. The van der Waals surface area contributed by atoms with Crippen molar-refractivity contribution in [2.45, 2.75) is 12.5 Å². The molecule has 0 amide bonds. The Morgan fingerprint density at radius 1 is 1.00 bits per heavy atom. The monoisotopic (exact) mass is 300 g/mol. The first-order valence-electron chi connectivity index (χ1n) is 6.79. The van der Waals surface area contributed by atoms with E-state index in [0.29, 0.717) is 11.1 Å². The van der Waals surface area contributed by atoms with Crippen molar-refractivity contribution in [2.75, 3.05) is 0 Å². The molecule has 1 aliphatic carbocycles. The van der Waals surface area contributed by atoms with Crippen molar-refractivity contribution in [3.05, 3.63) is 59.7 Å². The zero-order chi connectivity index (χ0) is 17.1. The van der Waals surface area contributed by atoms with Crippen molar-refractivity contribution in [1.82, 2.24) is 0 Å². The van der Waals surface area contributed by atoms with Gasteiger partial charge in [0, 0.05) is 6.42 Å². The molecule has 5 heteroatoms. The van der Waals surface area contributed by atoms with Gasteiger partial charge < -0.3 is 5.11 Å². The van der Waals surface area contributed by atoms with Crippen LogP contribution in [-0.4, -0.2) is 5.11 Å². The maximum Gasteiger partial charge on any atom is 0.200 e. The van der Waals surface area contributed by atoms with E-state index in [1.165, 1.54) is 6.08 Å². The van der Waals surface area contributed by atoms with Crippen LogP contribution < -0.4 is 0 Å². The third kappa shape index (κ3) is 2.09. The fourth-order valence-electron chi connectivity index (χ4n) is 2.74. The van der Waals surface area contributed by atoms with Gasteiger partial charge in [0.25, 0.3) is 0 Å². The number of hydrogen-bond acceptors (Lipinski definition) is 5. The fraction of sp³-hybridized carbons (Fsp3) is 0.222. The van der Waals surface area contributed by atoms with E-state index in [2.05, 4.69) is 6.58 Å². The number of benzene rings is 1. The van der Waals surface area contributed by atoms with Crippen LogP contribution in [0.2, 0.25) is 0 Å². The van der Waals surface area contributed by atoms with Gasteiger partial charge in [0.15, 0.2) is 10.8 Å². The zero-order valence-electron chi connectivity index (χ0n) is 12.2. The summed E-state index contributed by atoms with van der Waals surface area (Å²) in [4.78, 5) is 0. The number of hydrogen-bond donors (Lipinski definition) is 1. The summed E-state index contributed by atoms with van der Waals surface area (Å²) < 4.78 is 0. The summed E-state index contributed by atoms with van der Waals surface area (Å²) in [6, 6.07) is 15.9. The highest BCUT2D eigenvalue weighted by Gasteiger charge is 2.59. The standard InChI is InChI=1S/C18H12N4O/c1-13-15(16(23)14-5-3-2-4-6-14)7-8-17(9-19,10-20)18(13,11-21)12-22/h2-7,16,23H,1,8H2. The average Bonchev–Trinajstić information content (AvgIpc) is 2.61. The Morgan fingerprint density at radius 2 is 1.57 bits per heavy atom. The topological polar surface area (TPSA) is 115 Å². The lowest BCUT2D eigenvalue weighted by molar-refractivity contribution is 0.206. The number of aliphatic hydroxyl groups is 1. The van der Waals surface area contributed by atoms with Crippen LogP contribution in [-0.2, 0) is 0 Å². The summed E-state index contributed by atoms with van der Waals surface area (Å²) in [6.07, 6.45) is 0.304. The van der Waals surface area contributed by atoms with Crippen LogP contribution in [0.25, 0.3) is 0 Å². The Kier molecular flexibility index (Phi) is 4.02. The predicted molar refractivity (Wildman–Crippen MR) is 80.6 cm³/mol. The van der Waals surface area contributed by atoms with Gasteiger partial charge in [-0.05, 0) is 16.7 Å². The molecule has 1 unspecified atom stereocenters.